The number of benzene rings is 1. The molecule has 0 aliphatic carbocycles. The Labute approximate surface area is 114 Å². The lowest BCUT2D eigenvalue weighted by Gasteiger charge is -2.16. The van der Waals surface area contributed by atoms with Crippen molar-refractivity contribution in [2.75, 3.05) is 33.8 Å². The lowest BCUT2D eigenvalue weighted by Crippen LogP contribution is -2.29. The summed E-state index contributed by atoms with van der Waals surface area (Å²) in [5, 5.41) is 2.61. The summed E-state index contributed by atoms with van der Waals surface area (Å²) in [5.41, 5.74) is 6.64. The van der Waals surface area contributed by atoms with E-state index in [0.717, 1.165) is 24.4 Å². The van der Waals surface area contributed by atoms with Crippen LogP contribution in [0.25, 0.3) is 0 Å². The van der Waals surface area contributed by atoms with Crippen LogP contribution in [-0.4, -0.2) is 44.6 Å². The van der Waals surface area contributed by atoms with Crippen LogP contribution in [-0.2, 0) is 11.3 Å². The second-order valence-corrected chi connectivity index (χ2v) is 4.43. The minimum Gasteiger partial charge on any atom is -0.492 e. The Hall–Kier alpha value is -1.59. The summed E-state index contributed by atoms with van der Waals surface area (Å²) in [6, 6.07) is 7.78. The summed E-state index contributed by atoms with van der Waals surface area (Å²) in [5.74, 6) is 0.895. The van der Waals surface area contributed by atoms with Gasteiger partial charge < -0.3 is 20.7 Å². The average molecular weight is 265 g/mol. The Morgan fingerprint density at radius 3 is 2.89 bits per heavy atom. The van der Waals surface area contributed by atoms with Crippen molar-refractivity contribution in [3.63, 3.8) is 0 Å². The smallest absolute Gasteiger partial charge is 0.221 e. The Morgan fingerprint density at radius 1 is 1.42 bits per heavy atom. The van der Waals surface area contributed by atoms with Crippen LogP contribution in [0.4, 0.5) is 0 Å². The number of hydrogen-bond donors (Lipinski definition) is 2. The highest BCUT2D eigenvalue weighted by Crippen LogP contribution is 2.12. The highest BCUT2D eigenvalue weighted by atomic mass is 16.5. The highest BCUT2D eigenvalue weighted by molar-refractivity contribution is 5.75. The Kier molecular flexibility index (Phi) is 6.92. The van der Waals surface area contributed by atoms with Crippen LogP contribution < -0.4 is 15.8 Å². The van der Waals surface area contributed by atoms with Gasteiger partial charge in [-0.3, -0.25) is 4.79 Å². The van der Waals surface area contributed by atoms with Crippen LogP contribution in [0.1, 0.15) is 12.0 Å². The minimum atomic E-state index is 0.0587. The normalized spacial score (nSPS) is 10.5. The quantitative estimate of drug-likeness (QED) is 0.722. The zero-order chi connectivity index (χ0) is 14.1. The molecule has 0 aromatic heterocycles. The van der Waals surface area contributed by atoms with E-state index in [4.69, 9.17) is 10.5 Å². The molecule has 0 heterocycles. The van der Waals surface area contributed by atoms with Crippen molar-refractivity contribution in [2.24, 2.45) is 5.73 Å². The van der Waals surface area contributed by atoms with Crippen molar-refractivity contribution in [3.8, 4) is 5.75 Å². The molecule has 19 heavy (non-hydrogen) atoms. The molecular weight excluding hydrogens is 242 g/mol. The SMILES string of the molecule is CNC(=O)CCN(C)CCOc1cccc(CN)c1. The van der Waals surface area contributed by atoms with Gasteiger partial charge in [-0.15, -0.1) is 0 Å². The molecule has 1 amide bonds. The molecule has 0 aliphatic heterocycles. The third-order valence-electron chi connectivity index (χ3n) is 2.88. The van der Waals surface area contributed by atoms with Crippen molar-refractivity contribution >= 4 is 5.91 Å². The molecule has 0 bridgehead atoms. The van der Waals surface area contributed by atoms with Gasteiger partial charge in [0.25, 0.3) is 0 Å². The fraction of sp³-hybridized carbons (Fsp3) is 0.500. The summed E-state index contributed by atoms with van der Waals surface area (Å²) >= 11 is 0. The summed E-state index contributed by atoms with van der Waals surface area (Å²) < 4.78 is 5.65. The molecule has 1 aromatic carbocycles. The lowest BCUT2D eigenvalue weighted by molar-refractivity contribution is -0.120. The molecule has 0 atom stereocenters. The van der Waals surface area contributed by atoms with Crippen LogP contribution in [0.3, 0.4) is 0 Å². The molecule has 0 radical (unpaired) electrons. The van der Waals surface area contributed by atoms with E-state index in [9.17, 15) is 4.79 Å². The lowest BCUT2D eigenvalue weighted by atomic mass is 10.2. The zero-order valence-electron chi connectivity index (χ0n) is 11.7. The van der Waals surface area contributed by atoms with Gasteiger partial charge >= 0.3 is 0 Å². The second kappa shape index (κ2) is 8.50. The summed E-state index contributed by atoms with van der Waals surface area (Å²) in [6.45, 7) is 2.62. The molecule has 0 fully saturated rings. The third kappa shape index (κ3) is 6.22. The first-order chi connectivity index (χ1) is 9.15. The van der Waals surface area contributed by atoms with Gasteiger partial charge in [0.1, 0.15) is 12.4 Å². The maximum absolute atomic E-state index is 11.1. The molecule has 0 saturated heterocycles. The van der Waals surface area contributed by atoms with E-state index in [2.05, 4.69) is 10.2 Å². The van der Waals surface area contributed by atoms with Crippen LogP contribution >= 0.6 is 0 Å². The van der Waals surface area contributed by atoms with Crippen molar-refractivity contribution in [3.05, 3.63) is 29.8 Å². The Bertz CT molecular complexity index is 396. The van der Waals surface area contributed by atoms with Crippen LogP contribution in [0.2, 0.25) is 0 Å². The van der Waals surface area contributed by atoms with E-state index < -0.39 is 0 Å². The molecular formula is C14H23N3O2. The van der Waals surface area contributed by atoms with Gasteiger partial charge in [0, 0.05) is 33.1 Å². The highest BCUT2D eigenvalue weighted by Gasteiger charge is 2.03. The number of rotatable bonds is 8. The van der Waals surface area contributed by atoms with Crippen LogP contribution in [0.15, 0.2) is 24.3 Å². The van der Waals surface area contributed by atoms with E-state index in [1.807, 2.05) is 31.3 Å². The first kappa shape index (κ1) is 15.5. The average Bonchev–Trinajstić information content (AvgIpc) is 2.45. The van der Waals surface area contributed by atoms with E-state index >= 15 is 0 Å². The first-order valence-corrected chi connectivity index (χ1v) is 6.46. The van der Waals surface area contributed by atoms with E-state index in [-0.39, 0.29) is 5.91 Å². The number of likely N-dealkylation sites (N-methyl/N-ethyl adjacent to an activating group) is 1. The molecule has 5 nitrogen and oxygen atoms in total. The second-order valence-electron chi connectivity index (χ2n) is 4.43. The predicted octanol–water partition coefficient (Wildman–Crippen LogP) is 0.592. The molecule has 0 spiro atoms. The van der Waals surface area contributed by atoms with Gasteiger partial charge in [0.05, 0.1) is 0 Å². The first-order valence-electron chi connectivity index (χ1n) is 6.46. The van der Waals surface area contributed by atoms with Gasteiger partial charge in [-0.1, -0.05) is 12.1 Å². The predicted molar refractivity (Wildman–Crippen MR) is 76.0 cm³/mol. The van der Waals surface area contributed by atoms with Crippen molar-refractivity contribution < 1.29 is 9.53 Å². The molecule has 106 valence electrons. The standard InChI is InChI=1S/C14H23N3O2/c1-16-14(18)6-7-17(2)8-9-19-13-5-3-4-12(10-13)11-15/h3-5,10H,6-9,11,15H2,1-2H3,(H,16,18). The zero-order valence-corrected chi connectivity index (χ0v) is 11.7. The number of carbonyl (C=O) groups is 1. The van der Waals surface area contributed by atoms with Crippen LogP contribution in [0.5, 0.6) is 5.75 Å². The third-order valence-corrected chi connectivity index (χ3v) is 2.88. The summed E-state index contributed by atoms with van der Waals surface area (Å²) in [4.78, 5) is 13.2. The molecule has 1 aromatic rings. The maximum Gasteiger partial charge on any atom is 0.221 e. The fourth-order valence-corrected chi connectivity index (χ4v) is 1.61. The van der Waals surface area contributed by atoms with E-state index in [0.29, 0.717) is 19.6 Å². The number of nitrogens with one attached hydrogen (secondary N) is 1. The van der Waals surface area contributed by atoms with Gasteiger partial charge in [-0.05, 0) is 24.7 Å². The van der Waals surface area contributed by atoms with Crippen molar-refractivity contribution in [2.45, 2.75) is 13.0 Å². The number of carbonyl (C=O) groups excluding carboxylic acids is 1. The molecule has 1 rings (SSSR count). The number of ether oxygens (including phenoxy) is 1. The fourth-order valence-electron chi connectivity index (χ4n) is 1.61. The molecule has 5 heteroatoms. The Balaban J connectivity index is 2.23. The summed E-state index contributed by atoms with van der Waals surface area (Å²) in [7, 11) is 3.62. The largest absolute Gasteiger partial charge is 0.492 e. The number of nitrogens with zero attached hydrogens (tertiary/aromatic N) is 1. The number of amides is 1. The maximum atomic E-state index is 11.1. The Morgan fingerprint density at radius 2 is 2.21 bits per heavy atom. The van der Waals surface area contributed by atoms with Gasteiger partial charge in [-0.2, -0.15) is 0 Å². The minimum absolute atomic E-state index is 0.0587. The topological polar surface area (TPSA) is 67.6 Å². The van der Waals surface area contributed by atoms with E-state index in [1.54, 1.807) is 7.05 Å². The van der Waals surface area contributed by atoms with Gasteiger partial charge in [0.15, 0.2) is 0 Å². The summed E-state index contributed by atoms with van der Waals surface area (Å²) in [6.07, 6.45) is 0.510. The van der Waals surface area contributed by atoms with Crippen molar-refractivity contribution in [1.29, 1.82) is 0 Å². The molecule has 0 unspecified atom stereocenters. The molecule has 0 aliphatic rings. The van der Waals surface area contributed by atoms with E-state index in [1.165, 1.54) is 0 Å². The molecule has 0 saturated carbocycles. The van der Waals surface area contributed by atoms with Gasteiger partial charge in [0.2, 0.25) is 5.91 Å². The van der Waals surface area contributed by atoms with Gasteiger partial charge in [-0.25, -0.2) is 0 Å². The van der Waals surface area contributed by atoms with Crippen molar-refractivity contribution in [1.82, 2.24) is 10.2 Å². The number of hydrogen-bond acceptors (Lipinski definition) is 4. The van der Waals surface area contributed by atoms with Crippen LogP contribution in [0, 0.1) is 0 Å². The monoisotopic (exact) mass is 265 g/mol. The molecule has 3 N–H and O–H groups in total. The number of nitrogens with two attached hydrogens (primary N) is 1.